The summed E-state index contributed by atoms with van der Waals surface area (Å²) in [5.74, 6) is 0.338. The lowest BCUT2D eigenvalue weighted by Crippen LogP contribution is -2.33. The van der Waals surface area contributed by atoms with E-state index in [0.29, 0.717) is 18.3 Å². The van der Waals surface area contributed by atoms with Gasteiger partial charge in [-0.25, -0.2) is 9.67 Å². The van der Waals surface area contributed by atoms with E-state index in [4.69, 9.17) is 4.74 Å². The molecule has 1 aliphatic rings. The van der Waals surface area contributed by atoms with Crippen molar-refractivity contribution in [3.63, 3.8) is 0 Å². The second-order valence-electron chi connectivity index (χ2n) is 6.85. The van der Waals surface area contributed by atoms with Crippen LogP contribution in [-0.4, -0.2) is 52.4 Å². The number of hydrogen-bond acceptors (Lipinski definition) is 7. The van der Waals surface area contributed by atoms with Crippen LogP contribution < -0.4 is 10.9 Å². The Kier molecular flexibility index (Phi) is 6.70. The maximum Gasteiger partial charge on any atom is 0.277 e. The van der Waals surface area contributed by atoms with Crippen molar-refractivity contribution in [3.05, 3.63) is 39.3 Å². The number of thiazole rings is 1. The first-order valence-electron chi connectivity index (χ1n) is 9.10. The van der Waals surface area contributed by atoms with Crippen LogP contribution in [0.1, 0.15) is 35.9 Å². The average Bonchev–Trinajstić information content (AvgIpc) is 3.07. The van der Waals surface area contributed by atoms with Gasteiger partial charge in [0, 0.05) is 31.6 Å². The quantitative estimate of drug-likeness (QED) is 0.775. The summed E-state index contributed by atoms with van der Waals surface area (Å²) in [5.41, 5.74) is 0.866. The van der Waals surface area contributed by atoms with Gasteiger partial charge in [-0.05, 0) is 31.4 Å². The Hall–Kier alpha value is -2.10. The van der Waals surface area contributed by atoms with Crippen LogP contribution in [0.4, 0.5) is 5.13 Å². The Morgan fingerprint density at radius 1 is 1.44 bits per heavy atom. The van der Waals surface area contributed by atoms with Crippen molar-refractivity contribution in [3.8, 4) is 0 Å². The molecule has 1 N–H and O–H groups in total. The van der Waals surface area contributed by atoms with Crippen LogP contribution in [0.15, 0.2) is 22.3 Å². The lowest BCUT2D eigenvalue weighted by Gasteiger charge is -2.30. The molecule has 1 unspecified atom stereocenters. The van der Waals surface area contributed by atoms with E-state index in [0.717, 1.165) is 31.2 Å². The predicted molar refractivity (Wildman–Crippen MR) is 104 cm³/mol. The molecular weight excluding hydrogens is 366 g/mol. The Bertz CT molecular complexity index is 834. The van der Waals surface area contributed by atoms with E-state index in [9.17, 15) is 9.59 Å². The summed E-state index contributed by atoms with van der Waals surface area (Å²) in [4.78, 5) is 31.1. The van der Waals surface area contributed by atoms with Crippen molar-refractivity contribution in [1.29, 1.82) is 0 Å². The van der Waals surface area contributed by atoms with E-state index in [-0.39, 0.29) is 17.2 Å². The molecule has 0 aliphatic carbocycles. The monoisotopic (exact) mass is 391 g/mol. The minimum absolute atomic E-state index is 0.173. The van der Waals surface area contributed by atoms with Crippen LogP contribution in [0.3, 0.4) is 0 Å². The van der Waals surface area contributed by atoms with Gasteiger partial charge in [-0.15, -0.1) is 11.3 Å². The van der Waals surface area contributed by atoms with E-state index in [1.54, 1.807) is 7.11 Å². The van der Waals surface area contributed by atoms with Crippen molar-refractivity contribution in [2.45, 2.75) is 32.9 Å². The van der Waals surface area contributed by atoms with E-state index < -0.39 is 0 Å². The number of piperidine rings is 1. The molecule has 0 radical (unpaired) electrons. The van der Waals surface area contributed by atoms with Gasteiger partial charge in [-0.2, -0.15) is 5.10 Å². The molecule has 2 aromatic heterocycles. The Balaban J connectivity index is 1.61. The Morgan fingerprint density at radius 2 is 2.30 bits per heavy atom. The highest BCUT2D eigenvalue weighted by atomic mass is 32.1. The van der Waals surface area contributed by atoms with Gasteiger partial charge < -0.3 is 4.74 Å². The minimum Gasteiger partial charge on any atom is -0.383 e. The fourth-order valence-corrected chi connectivity index (χ4v) is 3.86. The normalized spacial score (nSPS) is 17.8. The third kappa shape index (κ3) is 5.44. The first-order valence-corrected chi connectivity index (χ1v) is 9.98. The number of amides is 1. The number of nitrogens with zero attached hydrogens (tertiary/aromatic N) is 4. The molecule has 0 saturated carbocycles. The van der Waals surface area contributed by atoms with Gasteiger partial charge in [0.2, 0.25) is 0 Å². The van der Waals surface area contributed by atoms with Gasteiger partial charge in [0.25, 0.3) is 11.5 Å². The predicted octanol–water partition coefficient (Wildman–Crippen LogP) is 1.83. The third-order valence-corrected chi connectivity index (χ3v) is 5.31. The molecule has 1 fully saturated rings. The Morgan fingerprint density at radius 3 is 3.07 bits per heavy atom. The second-order valence-corrected chi connectivity index (χ2v) is 7.71. The molecule has 0 spiro atoms. The highest BCUT2D eigenvalue weighted by molar-refractivity contribution is 7.13. The first-order chi connectivity index (χ1) is 13.0. The average molecular weight is 391 g/mol. The number of ether oxygens (including phenoxy) is 1. The molecule has 2 aromatic rings. The van der Waals surface area contributed by atoms with Gasteiger partial charge >= 0.3 is 0 Å². The van der Waals surface area contributed by atoms with Crippen molar-refractivity contribution in [2.75, 3.05) is 32.1 Å². The first kappa shape index (κ1) is 19.7. The topological polar surface area (TPSA) is 89.3 Å². The molecule has 9 heteroatoms. The van der Waals surface area contributed by atoms with Crippen LogP contribution in [0.25, 0.3) is 0 Å². The minimum atomic E-state index is -0.381. The summed E-state index contributed by atoms with van der Waals surface area (Å²) >= 11 is 1.40. The van der Waals surface area contributed by atoms with Gasteiger partial charge in [0.1, 0.15) is 5.69 Å². The zero-order valence-electron chi connectivity index (χ0n) is 15.7. The number of carbonyl (C=O) groups excluding carboxylic acids is 1. The largest absolute Gasteiger partial charge is 0.383 e. The van der Waals surface area contributed by atoms with E-state index in [2.05, 4.69) is 27.2 Å². The molecule has 146 valence electrons. The maximum absolute atomic E-state index is 12.4. The highest BCUT2D eigenvalue weighted by Gasteiger charge is 2.18. The summed E-state index contributed by atoms with van der Waals surface area (Å²) in [6, 6.07) is 2.76. The summed E-state index contributed by atoms with van der Waals surface area (Å²) in [7, 11) is 1.55. The number of rotatable bonds is 7. The summed E-state index contributed by atoms with van der Waals surface area (Å²) in [6.45, 7) is 5.91. The summed E-state index contributed by atoms with van der Waals surface area (Å²) < 4.78 is 6.18. The summed E-state index contributed by atoms with van der Waals surface area (Å²) in [5, 5.41) is 9.38. The SMILES string of the molecule is COCCn1nc(C(=O)Nc2nc(CN3CCCC(C)C3)cs2)ccc1=O. The molecule has 3 heterocycles. The lowest BCUT2D eigenvalue weighted by atomic mass is 10.0. The fourth-order valence-electron chi connectivity index (χ4n) is 3.17. The molecule has 1 aliphatic heterocycles. The van der Waals surface area contributed by atoms with Crippen molar-refractivity contribution < 1.29 is 9.53 Å². The second kappa shape index (κ2) is 9.20. The zero-order chi connectivity index (χ0) is 19.2. The van der Waals surface area contributed by atoms with Crippen molar-refractivity contribution in [2.24, 2.45) is 5.92 Å². The molecule has 1 saturated heterocycles. The van der Waals surface area contributed by atoms with Gasteiger partial charge in [0.15, 0.2) is 5.13 Å². The standard InChI is InChI=1S/C18H25N5O3S/c1-13-4-3-7-22(10-13)11-14-12-27-18(19-14)20-17(25)15-5-6-16(24)23(21-15)8-9-26-2/h5-6,12-13H,3-4,7-11H2,1-2H3,(H,19,20,25). The van der Waals surface area contributed by atoms with Crippen molar-refractivity contribution in [1.82, 2.24) is 19.7 Å². The van der Waals surface area contributed by atoms with Crippen molar-refractivity contribution >= 4 is 22.4 Å². The van der Waals surface area contributed by atoms with E-state index in [1.165, 1.54) is 41.0 Å². The van der Waals surface area contributed by atoms with Crippen LogP contribution >= 0.6 is 11.3 Å². The van der Waals surface area contributed by atoms with Gasteiger partial charge in [0.05, 0.1) is 18.8 Å². The zero-order valence-corrected chi connectivity index (χ0v) is 16.5. The molecule has 1 amide bonds. The molecule has 3 rings (SSSR count). The van der Waals surface area contributed by atoms with Crippen LogP contribution in [0, 0.1) is 5.92 Å². The number of anilines is 1. The van der Waals surface area contributed by atoms with Gasteiger partial charge in [-0.1, -0.05) is 6.92 Å². The van der Waals surface area contributed by atoms with Gasteiger partial charge in [-0.3, -0.25) is 19.8 Å². The van der Waals surface area contributed by atoms with E-state index >= 15 is 0 Å². The maximum atomic E-state index is 12.4. The Labute approximate surface area is 162 Å². The molecule has 0 bridgehead atoms. The number of likely N-dealkylation sites (tertiary alicyclic amines) is 1. The molecule has 27 heavy (non-hydrogen) atoms. The summed E-state index contributed by atoms with van der Waals surface area (Å²) in [6.07, 6.45) is 2.51. The van der Waals surface area contributed by atoms with E-state index in [1.807, 2.05) is 5.38 Å². The third-order valence-electron chi connectivity index (χ3n) is 4.51. The smallest absolute Gasteiger partial charge is 0.277 e. The lowest BCUT2D eigenvalue weighted by molar-refractivity contribution is 0.101. The van der Waals surface area contributed by atoms with Crippen LogP contribution in [-0.2, 0) is 17.8 Å². The highest BCUT2D eigenvalue weighted by Crippen LogP contribution is 2.21. The number of hydrogen-bond donors (Lipinski definition) is 1. The number of nitrogens with one attached hydrogen (secondary N) is 1. The molecule has 8 nitrogen and oxygen atoms in total. The van der Waals surface area contributed by atoms with Crippen LogP contribution in [0.2, 0.25) is 0 Å². The van der Waals surface area contributed by atoms with Crippen LogP contribution in [0.5, 0.6) is 0 Å². The molecule has 1 atom stereocenters. The molecular formula is C18H25N5O3S. The molecule has 0 aromatic carbocycles. The fraction of sp³-hybridized carbons (Fsp3) is 0.556. The number of methoxy groups -OCH3 is 1. The number of aromatic nitrogens is 3. The number of carbonyl (C=O) groups is 1.